The van der Waals surface area contributed by atoms with Crippen molar-refractivity contribution in [1.82, 2.24) is 4.90 Å². The summed E-state index contributed by atoms with van der Waals surface area (Å²) in [7, 11) is 0. The number of halogens is 3. The predicted octanol–water partition coefficient (Wildman–Crippen LogP) is 4.65. The molecular weight excluding hydrogens is 307 g/mol. The van der Waals surface area contributed by atoms with E-state index in [0.717, 1.165) is 25.0 Å². The largest absolute Gasteiger partial charge is 0.444 e. The van der Waals surface area contributed by atoms with Gasteiger partial charge >= 0.3 is 12.3 Å². The van der Waals surface area contributed by atoms with E-state index >= 15 is 0 Å². The van der Waals surface area contributed by atoms with Gasteiger partial charge in [0.25, 0.3) is 0 Å². The normalized spacial score (nSPS) is 19.0. The predicted molar refractivity (Wildman–Crippen MR) is 81.1 cm³/mol. The second kappa shape index (κ2) is 6.42. The third-order valence-electron chi connectivity index (χ3n) is 3.73. The van der Waals surface area contributed by atoms with E-state index in [2.05, 4.69) is 0 Å². The van der Waals surface area contributed by atoms with E-state index < -0.39 is 23.4 Å². The molecule has 1 fully saturated rings. The average Bonchev–Trinajstić information content (AvgIpc) is 2.84. The Bertz CT molecular complexity index is 564. The molecule has 128 valence electrons. The highest BCUT2D eigenvalue weighted by molar-refractivity contribution is 5.69. The van der Waals surface area contributed by atoms with E-state index in [4.69, 9.17) is 4.74 Å². The smallest absolute Gasteiger partial charge is 0.416 e. The lowest BCUT2D eigenvalue weighted by Gasteiger charge is -2.28. The van der Waals surface area contributed by atoms with Crippen LogP contribution in [0.1, 0.15) is 44.7 Å². The molecule has 0 radical (unpaired) electrons. The van der Waals surface area contributed by atoms with Crippen LogP contribution in [0, 0.1) is 0 Å². The topological polar surface area (TPSA) is 29.5 Å². The number of rotatable bonds is 2. The van der Waals surface area contributed by atoms with Crippen LogP contribution in [0.15, 0.2) is 24.3 Å². The number of likely N-dealkylation sites (tertiary alicyclic amines) is 1. The summed E-state index contributed by atoms with van der Waals surface area (Å²) < 4.78 is 43.7. The number of ether oxygens (including phenoxy) is 1. The van der Waals surface area contributed by atoms with Crippen LogP contribution < -0.4 is 0 Å². The monoisotopic (exact) mass is 329 g/mol. The minimum atomic E-state index is -4.35. The quantitative estimate of drug-likeness (QED) is 0.790. The van der Waals surface area contributed by atoms with Gasteiger partial charge in [-0.15, -0.1) is 0 Å². The Morgan fingerprint density at radius 2 is 2.00 bits per heavy atom. The van der Waals surface area contributed by atoms with Crippen LogP contribution in [0.5, 0.6) is 0 Å². The molecule has 0 unspecified atom stereocenters. The molecule has 1 aromatic carbocycles. The summed E-state index contributed by atoms with van der Waals surface area (Å²) in [5.74, 6) is 0. The molecule has 23 heavy (non-hydrogen) atoms. The van der Waals surface area contributed by atoms with E-state index in [0.29, 0.717) is 18.5 Å². The van der Waals surface area contributed by atoms with E-state index in [-0.39, 0.29) is 6.04 Å². The molecule has 1 aromatic rings. The first kappa shape index (κ1) is 17.6. The molecule has 0 spiro atoms. The summed E-state index contributed by atoms with van der Waals surface area (Å²) >= 11 is 0. The van der Waals surface area contributed by atoms with E-state index in [9.17, 15) is 18.0 Å². The second-order valence-electron chi connectivity index (χ2n) is 6.87. The molecule has 3 nitrogen and oxygen atoms in total. The van der Waals surface area contributed by atoms with Gasteiger partial charge in [-0.1, -0.05) is 18.2 Å². The summed E-state index contributed by atoms with van der Waals surface area (Å²) in [6.45, 7) is 5.97. The van der Waals surface area contributed by atoms with Crippen molar-refractivity contribution in [3.05, 3.63) is 35.4 Å². The van der Waals surface area contributed by atoms with Crippen molar-refractivity contribution in [3.8, 4) is 0 Å². The molecule has 1 aliphatic heterocycles. The van der Waals surface area contributed by atoms with Crippen molar-refractivity contribution in [3.63, 3.8) is 0 Å². The van der Waals surface area contributed by atoms with E-state index in [1.54, 1.807) is 31.7 Å². The number of carbonyl (C=O) groups excluding carboxylic acids is 1. The van der Waals surface area contributed by atoms with Crippen LogP contribution in [0.4, 0.5) is 18.0 Å². The van der Waals surface area contributed by atoms with E-state index in [1.807, 2.05) is 0 Å². The highest BCUT2D eigenvalue weighted by Gasteiger charge is 2.33. The maximum Gasteiger partial charge on any atom is 0.416 e. The molecule has 1 heterocycles. The van der Waals surface area contributed by atoms with Gasteiger partial charge < -0.3 is 9.64 Å². The fraction of sp³-hybridized carbons (Fsp3) is 0.588. The number of amides is 1. The van der Waals surface area contributed by atoms with Crippen molar-refractivity contribution < 1.29 is 22.7 Å². The third-order valence-corrected chi connectivity index (χ3v) is 3.73. The minimum absolute atomic E-state index is 0.117. The zero-order valence-electron chi connectivity index (χ0n) is 13.6. The van der Waals surface area contributed by atoms with Crippen molar-refractivity contribution in [2.45, 2.75) is 57.9 Å². The third kappa shape index (κ3) is 4.88. The Hall–Kier alpha value is -1.72. The van der Waals surface area contributed by atoms with Gasteiger partial charge in [0.2, 0.25) is 0 Å². The number of hydrogen-bond acceptors (Lipinski definition) is 2. The van der Waals surface area contributed by atoms with Gasteiger partial charge in [0, 0.05) is 12.6 Å². The van der Waals surface area contributed by atoms with Gasteiger partial charge in [0.05, 0.1) is 5.56 Å². The van der Waals surface area contributed by atoms with Gasteiger partial charge in [-0.05, 0) is 51.7 Å². The van der Waals surface area contributed by atoms with Crippen LogP contribution in [0.2, 0.25) is 0 Å². The zero-order valence-corrected chi connectivity index (χ0v) is 13.6. The highest BCUT2D eigenvalue weighted by Crippen LogP contribution is 2.31. The van der Waals surface area contributed by atoms with E-state index in [1.165, 1.54) is 6.07 Å². The lowest BCUT2D eigenvalue weighted by molar-refractivity contribution is -0.137. The Morgan fingerprint density at radius 3 is 2.61 bits per heavy atom. The van der Waals surface area contributed by atoms with Crippen LogP contribution in [0.3, 0.4) is 0 Å². The maximum absolute atomic E-state index is 12.8. The number of alkyl halides is 3. The number of nitrogens with zero attached hydrogens (tertiary/aromatic N) is 1. The molecule has 1 amide bonds. The summed E-state index contributed by atoms with van der Waals surface area (Å²) in [5.41, 5.74) is -0.655. The highest BCUT2D eigenvalue weighted by atomic mass is 19.4. The first-order chi connectivity index (χ1) is 10.6. The molecule has 0 aromatic heterocycles. The number of carbonyl (C=O) groups is 1. The Balaban J connectivity index is 2.08. The fourth-order valence-electron chi connectivity index (χ4n) is 2.76. The van der Waals surface area contributed by atoms with Crippen molar-refractivity contribution in [1.29, 1.82) is 0 Å². The SMILES string of the molecule is CC(C)(C)OC(=O)N1CCC[C@H]1Cc1cccc(C(F)(F)F)c1. The lowest BCUT2D eigenvalue weighted by Crippen LogP contribution is -2.40. The molecule has 0 bridgehead atoms. The molecule has 1 atom stereocenters. The van der Waals surface area contributed by atoms with Gasteiger partial charge in [-0.2, -0.15) is 13.2 Å². The minimum Gasteiger partial charge on any atom is -0.444 e. The standard InChI is InChI=1S/C17H22F3NO2/c1-16(2,3)23-15(22)21-9-5-8-14(21)11-12-6-4-7-13(10-12)17(18,19)20/h4,6-7,10,14H,5,8-9,11H2,1-3H3/t14-/m0/s1. The first-order valence-electron chi connectivity index (χ1n) is 7.72. The summed E-state index contributed by atoms with van der Waals surface area (Å²) in [5, 5.41) is 0. The van der Waals surface area contributed by atoms with Crippen molar-refractivity contribution in [2.24, 2.45) is 0 Å². The first-order valence-corrected chi connectivity index (χ1v) is 7.72. The molecule has 1 saturated heterocycles. The van der Waals surface area contributed by atoms with Crippen LogP contribution in [-0.2, 0) is 17.3 Å². The molecule has 0 aliphatic carbocycles. The number of benzene rings is 1. The van der Waals surface area contributed by atoms with Crippen LogP contribution in [0.25, 0.3) is 0 Å². The van der Waals surface area contributed by atoms with Crippen LogP contribution in [-0.4, -0.2) is 29.2 Å². The summed E-state index contributed by atoms with van der Waals surface area (Å²) in [6, 6.07) is 5.18. The summed E-state index contributed by atoms with van der Waals surface area (Å²) in [4.78, 5) is 13.8. The van der Waals surface area contributed by atoms with Gasteiger partial charge in [-0.3, -0.25) is 0 Å². The Morgan fingerprint density at radius 1 is 1.30 bits per heavy atom. The lowest BCUT2D eigenvalue weighted by atomic mass is 10.0. The second-order valence-corrected chi connectivity index (χ2v) is 6.87. The zero-order chi connectivity index (χ0) is 17.3. The Kier molecular flexibility index (Phi) is 4.92. The molecule has 0 saturated carbocycles. The van der Waals surface area contributed by atoms with Gasteiger partial charge in [0.15, 0.2) is 0 Å². The van der Waals surface area contributed by atoms with Crippen molar-refractivity contribution in [2.75, 3.05) is 6.54 Å². The average molecular weight is 329 g/mol. The van der Waals surface area contributed by atoms with Gasteiger partial charge in [-0.25, -0.2) is 4.79 Å². The Labute approximate surface area is 134 Å². The molecule has 0 N–H and O–H groups in total. The molecule has 1 aliphatic rings. The number of hydrogen-bond donors (Lipinski definition) is 0. The summed E-state index contributed by atoms with van der Waals surface area (Å²) in [6.07, 6.45) is -2.73. The van der Waals surface area contributed by atoms with Crippen LogP contribution >= 0.6 is 0 Å². The molecular formula is C17H22F3NO2. The van der Waals surface area contributed by atoms with Crippen molar-refractivity contribution >= 4 is 6.09 Å². The van der Waals surface area contributed by atoms with Gasteiger partial charge in [0.1, 0.15) is 5.60 Å². The fourth-order valence-corrected chi connectivity index (χ4v) is 2.76. The molecule has 6 heteroatoms. The molecule has 2 rings (SSSR count). The maximum atomic E-state index is 12.8.